The summed E-state index contributed by atoms with van der Waals surface area (Å²) in [5.41, 5.74) is 0.310. The quantitative estimate of drug-likeness (QED) is 0.820. The van der Waals surface area contributed by atoms with Crippen LogP contribution in [0, 0.1) is 6.92 Å². The molecular weight excluding hydrogens is 364 g/mol. The summed E-state index contributed by atoms with van der Waals surface area (Å²) in [5, 5.41) is 2.68. The predicted molar refractivity (Wildman–Crippen MR) is 77.2 cm³/mol. The summed E-state index contributed by atoms with van der Waals surface area (Å²) in [6.07, 6.45) is 1.49. The van der Waals surface area contributed by atoms with Crippen LogP contribution >= 0.6 is 31.9 Å². The van der Waals surface area contributed by atoms with E-state index in [-0.39, 0.29) is 11.7 Å². The van der Waals surface area contributed by atoms with E-state index in [1.807, 2.05) is 6.92 Å². The summed E-state index contributed by atoms with van der Waals surface area (Å²) in [6.45, 7) is 5.16. The number of hydrogen-bond donors (Lipinski definition) is 1. The van der Waals surface area contributed by atoms with Crippen molar-refractivity contribution in [2.75, 3.05) is 0 Å². The van der Waals surface area contributed by atoms with E-state index in [9.17, 15) is 9.59 Å². The van der Waals surface area contributed by atoms with E-state index in [4.69, 9.17) is 0 Å². The normalized spacial score (nSPS) is 11.4. The summed E-state index contributed by atoms with van der Waals surface area (Å²) >= 11 is 6.27. The topological polar surface area (TPSA) is 59.1 Å². The maximum absolute atomic E-state index is 12.0. The van der Waals surface area contributed by atoms with Gasteiger partial charge in [0.2, 0.25) is 0 Å². The first-order valence-corrected chi connectivity index (χ1v) is 7.15. The zero-order chi connectivity index (χ0) is 13.9. The fourth-order valence-electron chi connectivity index (χ4n) is 1.29. The van der Waals surface area contributed by atoms with Crippen LogP contribution in [0.25, 0.3) is 0 Å². The standard InChI is InChI=1S/C12H14Br2N2O2/c1-7-4-5-8(6-15-7)11(18)16-12(2,3)9(17)10(13)14/h4-6,10H,1-3H3,(H,16,18). The number of pyridine rings is 1. The number of aryl methyl sites for hydroxylation is 1. The number of amides is 1. The Kier molecular flexibility index (Phi) is 5.04. The van der Waals surface area contributed by atoms with Gasteiger partial charge in [-0.05, 0) is 32.9 Å². The minimum atomic E-state index is -0.959. The molecule has 0 unspecified atom stereocenters. The summed E-state index contributed by atoms with van der Waals surface area (Å²) in [7, 11) is 0. The van der Waals surface area contributed by atoms with Gasteiger partial charge in [-0.3, -0.25) is 14.6 Å². The number of carbonyl (C=O) groups excluding carboxylic acids is 2. The number of carbonyl (C=O) groups is 2. The molecule has 0 fully saturated rings. The van der Waals surface area contributed by atoms with Gasteiger partial charge in [0.05, 0.1) is 11.1 Å². The van der Waals surface area contributed by atoms with Crippen LogP contribution in [0.2, 0.25) is 0 Å². The van der Waals surface area contributed by atoms with E-state index in [0.29, 0.717) is 5.56 Å². The van der Waals surface area contributed by atoms with Gasteiger partial charge in [-0.25, -0.2) is 0 Å². The van der Waals surface area contributed by atoms with Crippen molar-refractivity contribution < 1.29 is 9.59 Å². The minimum Gasteiger partial charge on any atom is -0.340 e. The molecule has 1 aromatic heterocycles. The van der Waals surface area contributed by atoms with Crippen molar-refractivity contribution in [3.8, 4) is 0 Å². The fraction of sp³-hybridized carbons (Fsp3) is 0.417. The fourth-order valence-corrected chi connectivity index (χ4v) is 2.44. The highest BCUT2D eigenvalue weighted by Crippen LogP contribution is 2.18. The number of ketones is 1. The number of nitrogens with zero attached hydrogens (tertiary/aromatic N) is 1. The molecule has 6 heteroatoms. The van der Waals surface area contributed by atoms with Crippen molar-refractivity contribution in [2.24, 2.45) is 0 Å². The molecule has 1 heterocycles. The second-order valence-corrected chi connectivity index (χ2v) is 7.49. The van der Waals surface area contributed by atoms with Gasteiger partial charge in [0.1, 0.15) is 3.74 Å². The van der Waals surface area contributed by atoms with Crippen LogP contribution in [0.4, 0.5) is 0 Å². The summed E-state index contributed by atoms with van der Waals surface area (Å²) < 4.78 is -0.489. The Morgan fingerprint density at radius 2 is 1.94 bits per heavy atom. The van der Waals surface area contributed by atoms with Gasteiger partial charge in [-0.15, -0.1) is 0 Å². The summed E-state index contributed by atoms with van der Waals surface area (Å²) in [6, 6.07) is 3.43. The molecule has 18 heavy (non-hydrogen) atoms. The Balaban J connectivity index is 2.81. The molecular formula is C12H14Br2N2O2. The average Bonchev–Trinajstić information content (AvgIpc) is 2.28. The second kappa shape index (κ2) is 5.93. The molecule has 0 aliphatic carbocycles. The molecule has 98 valence electrons. The van der Waals surface area contributed by atoms with E-state index in [1.165, 1.54) is 6.20 Å². The number of halogens is 2. The SMILES string of the molecule is Cc1ccc(C(=O)NC(C)(C)C(=O)C(Br)Br)cn1. The van der Waals surface area contributed by atoms with Crippen molar-refractivity contribution >= 4 is 43.6 Å². The number of alkyl halides is 2. The third kappa shape index (κ3) is 3.88. The lowest BCUT2D eigenvalue weighted by molar-refractivity contribution is -0.121. The molecule has 0 spiro atoms. The van der Waals surface area contributed by atoms with Crippen molar-refractivity contribution in [1.29, 1.82) is 0 Å². The molecule has 1 N–H and O–H groups in total. The molecule has 1 aromatic rings. The molecule has 0 saturated carbocycles. The molecule has 0 aliphatic heterocycles. The minimum absolute atomic E-state index is 0.157. The highest BCUT2D eigenvalue weighted by molar-refractivity contribution is 9.25. The van der Waals surface area contributed by atoms with E-state index in [0.717, 1.165) is 5.69 Å². The Morgan fingerprint density at radius 1 is 1.33 bits per heavy atom. The Hall–Kier alpha value is -0.750. The van der Waals surface area contributed by atoms with Crippen LogP contribution in [-0.2, 0) is 4.79 Å². The lowest BCUT2D eigenvalue weighted by atomic mass is 10.00. The third-order valence-electron chi connectivity index (χ3n) is 2.41. The maximum atomic E-state index is 12.0. The van der Waals surface area contributed by atoms with Crippen molar-refractivity contribution in [1.82, 2.24) is 10.3 Å². The van der Waals surface area contributed by atoms with Crippen LogP contribution < -0.4 is 5.32 Å². The first-order valence-electron chi connectivity index (χ1n) is 5.31. The number of rotatable bonds is 4. The smallest absolute Gasteiger partial charge is 0.253 e. The molecule has 4 nitrogen and oxygen atoms in total. The Bertz CT molecular complexity index is 456. The van der Waals surface area contributed by atoms with Crippen molar-refractivity contribution in [3.05, 3.63) is 29.6 Å². The van der Waals surface area contributed by atoms with Crippen LogP contribution in [0.15, 0.2) is 18.3 Å². The van der Waals surface area contributed by atoms with E-state index >= 15 is 0 Å². The highest BCUT2D eigenvalue weighted by atomic mass is 79.9. The molecule has 0 radical (unpaired) electrons. The Labute approximate surface area is 123 Å². The zero-order valence-electron chi connectivity index (χ0n) is 10.3. The van der Waals surface area contributed by atoms with Gasteiger partial charge in [0.25, 0.3) is 5.91 Å². The van der Waals surface area contributed by atoms with Crippen LogP contribution in [0.1, 0.15) is 29.9 Å². The number of hydrogen-bond acceptors (Lipinski definition) is 3. The van der Waals surface area contributed by atoms with Gasteiger partial charge in [-0.1, -0.05) is 31.9 Å². The van der Waals surface area contributed by atoms with Gasteiger partial charge in [0.15, 0.2) is 5.78 Å². The first-order chi connectivity index (χ1) is 8.24. The van der Waals surface area contributed by atoms with Gasteiger partial charge in [0, 0.05) is 11.9 Å². The number of aromatic nitrogens is 1. The molecule has 0 atom stereocenters. The van der Waals surface area contributed by atoms with E-state index < -0.39 is 9.28 Å². The molecule has 0 aliphatic rings. The largest absolute Gasteiger partial charge is 0.340 e. The van der Waals surface area contributed by atoms with Gasteiger partial charge in [-0.2, -0.15) is 0 Å². The van der Waals surface area contributed by atoms with Gasteiger partial charge < -0.3 is 5.32 Å². The molecule has 1 amide bonds. The van der Waals surface area contributed by atoms with Gasteiger partial charge >= 0.3 is 0 Å². The van der Waals surface area contributed by atoms with Crippen molar-refractivity contribution in [3.63, 3.8) is 0 Å². The first kappa shape index (κ1) is 15.3. The van der Waals surface area contributed by atoms with Crippen LogP contribution in [0.3, 0.4) is 0 Å². The number of nitrogens with one attached hydrogen (secondary N) is 1. The second-order valence-electron chi connectivity index (χ2n) is 4.43. The monoisotopic (exact) mass is 376 g/mol. The molecule has 0 aromatic carbocycles. The van der Waals surface area contributed by atoms with E-state index in [2.05, 4.69) is 42.2 Å². The molecule has 0 bridgehead atoms. The van der Waals surface area contributed by atoms with Crippen LogP contribution in [0.5, 0.6) is 0 Å². The van der Waals surface area contributed by atoms with E-state index in [1.54, 1.807) is 26.0 Å². The lowest BCUT2D eigenvalue weighted by Gasteiger charge is -2.25. The van der Waals surface area contributed by atoms with Crippen molar-refractivity contribution in [2.45, 2.75) is 30.0 Å². The highest BCUT2D eigenvalue weighted by Gasteiger charge is 2.32. The van der Waals surface area contributed by atoms with Crippen LogP contribution in [-0.4, -0.2) is 25.9 Å². The predicted octanol–water partition coefficient (Wildman–Crippen LogP) is 2.58. The molecule has 0 saturated heterocycles. The third-order valence-corrected chi connectivity index (χ3v) is 3.25. The zero-order valence-corrected chi connectivity index (χ0v) is 13.5. The average molecular weight is 378 g/mol. The summed E-state index contributed by atoms with van der Waals surface area (Å²) in [5.74, 6) is -0.475. The number of Topliss-reactive ketones (excluding diaryl/α,β-unsaturated/α-hetero) is 1. The Morgan fingerprint density at radius 3 is 2.39 bits per heavy atom. The summed E-state index contributed by atoms with van der Waals surface area (Å²) in [4.78, 5) is 27.9. The molecule has 1 rings (SSSR count). The maximum Gasteiger partial charge on any atom is 0.253 e. The lowest BCUT2D eigenvalue weighted by Crippen LogP contribution is -2.51.